The zero-order chi connectivity index (χ0) is 18.0. The van der Waals surface area contributed by atoms with Crippen LogP contribution in [0.3, 0.4) is 0 Å². The van der Waals surface area contributed by atoms with Crippen molar-refractivity contribution in [3.05, 3.63) is 52.8 Å². The van der Waals surface area contributed by atoms with Gasteiger partial charge < -0.3 is 19.5 Å². The molecular weight excluding hydrogens is 324 g/mol. The van der Waals surface area contributed by atoms with E-state index in [1.165, 1.54) is 12.1 Å². The summed E-state index contributed by atoms with van der Waals surface area (Å²) in [6, 6.07) is 8.41. The second-order valence-electron chi connectivity index (χ2n) is 5.64. The molecule has 25 heavy (non-hydrogen) atoms. The number of aromatic nitrogens is 1. The molecule has 7 heteroatoms. The molecule has 0 unspecified atom stereocenters. The fourth-order valence-electron chi connectivity index (χ4n) is 2.66. The van der Waals surface area contributed by atoms with Crippen LogP contribution >= 0.6 is 0 Å². The lowest BCUT2D eigenvalue weighted by Crippen LogP contribution is -2.31. The second-order valence-corrected chi connectivity index (χ2v) is 5.64. The van der Waals surface area contributed by atoms with Crippen molar-refractivity contribution in [1.29, 1.82) is 0 Å². The number of aromatic carboxylic acids is 1. The van der Waals surface area contributed by atoms with Gasteiger partial charge in [0.25, 0.3) is 5.91 Å². The molecule has 0 aliphatic carbocycles. The van der Waals surface area contributed by atoms with E-state index in [4.69, 9.17) is 14.6 Å². The van der Waals surface area contributed by atoms with Gasteiger partial charge in [0.15, 0.2) is 11.5 Å². The van der Waals surface area contributed by atoms with Gasteiger partial charge in [0.2, 0.25) is 6.79 Å². The van der Waals surface area contributed by atoms with E-state index in [2.05, 4.69) is 4.98 Å². The molecule has 1 N–H and O–H groups in total. The highest BCUT2D eigenvalue weighted by atomic mass is 16.7. The van der Waals surface area contributed by atoms with Crippen LogP contribution in [-0.4, -0.2) is 40.2 Å². The molecule has 1 amide bonds. The number of carboxylic acids is 1. The molecule has 0 atom stereocenters. The van der Waals surface area contributed by atoms with Crippen molar-refractivity contribution in [2.75, 3.05) is 13.3 Å². The van der Waals surface area contributed by atoms with Crippen LogP contribution in [0.2, 0.25) is 0 Å². The third-order valence-corrected chi connectivity index (χ3v) is 4.01. The number of benzene rings is 1. The van der Waals surface area contributed by atoms with Crippen LogP contribution in [0.15, 0.2) is 30.3 Å². The highest BCUT2D eigenvalue weighted by Crippen LogP contribution is 2.32. The van der Waals surface area contributed by atoms with E-state index in [-0.39, 0.29) is 24.0 Å². The number of rotatable bonds is 5. The highest BCUT2D eigenvalue weighted by Gasteiger charge is 2.20. The maximum Gasteiger partial charge on any atom is 0.337 e. The average molecular weight is 342 g/mol. The number of carbonyl (C=O) groups is 2. The van der Waals surface area contributed by atoms with E-state index in [0.717, 1.165) is 5.56 Å². The second kappa shape index (κ2) is 6.80. The number of hydrogen-bond donors (Lipinski definition) is 1. The molecule has 2 aromatic rings. The van der Waals surface area contributed by atoms with Crippen LogP contribution < -0.4 is 9.47 Å². The van der Waals surface area contributed by atoms with Crippen molar-refractivity contribution in [3.63, 3.8) is 0 Å². The van der Waals surface area contributed by atoms with Crippen molar-refractivity contribution in [3.8, 4) is 11.5 Å². The van der Waals surface area contributed by atoms with E-state index in [1.54, 1.807) is 11.8 Å². The van der Waals surface area contributed by atoms with E-state index in [0.29, 0.717) is 30.3 Å². The number of aryl methyl sites for hydroxylation is 1. The lowest BCUT2D eigenvalue weighted by molar-refractivity contribution is 0.0691. The van der Waals surface area contributed by atoms with Crippen LogP contribution in [0.1, 0.15) is 39.0 Å². The van der Waals surface area contributed by atoms with Gasteiger partial charge in [-0.1, -0.05) is 6.07 Å². The number of ether oxygens (including phenoxy) is 2. The minimum atomic E-state index is -1.06. The summed E-state index contributed by atoms with van der Waals surface area (Å²) in [5.41, 5.74) is 1.55. The first kappa shape index (κ1) is 16.8. The summed E-state index contributed by atoms with van der Waals surface area (Å²) in [6.07, 6.45) is 0. The molecule has 0 spiro atoms. The molecule has 2 heterocycles. The molecule has 1 aliphatic rings. The van der Waals surface area contributed by atoms with Gasteiger partial charge in [-0.25, -0.2) is 9.78 Å². The van der Waals surface area contributed by atoms with E-state index >= 15 is 0 Å². The Bertz CT molecular complexity index is 834. The van der Waals surface area contributed by atoms with Crippen LogP contribution in [-0.2, 0) is 6.54 Å². The number of amides is 1. The van der Waals surface area contributed by atoms with Crippen molar-refractivity contribution in [1.82, 2.24) is 9.88 Å². The van der Waals surface area contributed by atoms with Crippen molar-refractivity contribution >= 4 is 11.9 Å². The molecule has 1 aliphatic heterocycles. The molecule has 0 saturated carbocycles. The van der Waals surface area contributed by atoms with Crippen LogP contribution in [0.5, 0.6) is 11.5 Å². The monoisotopic (exact) mass is 342 g/mol. The number of nitrogens with zero attached hydrogens (tertiary/aromatic N) is 2. The molecule has 0 bridgehead atoms. The molecule has 130 valence electrons. The minimum absolute atomic E-state index is 0.0929. The van der Waals surface area contributed by atoms with Crippen LogP contribution in [0.25, 0.3) is 0 Å². The Morgan fingerprint density at radius 1 is 1.20 bits per heavy atom. The Morgan fingerprint density at radius 3 is 2.64 bits per heavy atom. The van der Waals surface area contributed by atoms with Gasteiger partial charge >= 0.3 is 5.97 Å². The zero-order valence-corrected chi connectivity index (χ0v) is 14.0. The van der Waals surface area contributed by atoms with Gasteiger partial charge in [-0.15, -0.1) is 0 Å². The lowest BCUT2D eigenvalue weighted by atomic mass is 10.1. The lowest BCUT2D eigenvalue weighted by Gasteiger charge is -2.21. The summed E-state index contributed by atoms with van der Waals surface area (Å²) in [5, 5.41) is 9.06. The predicted molar refractivity (Wildman–Crippen MR) is 88.9 cm³/mol. The quantitative estimate of drug-likeness (QED) is 0.898. The topological polar surface area (TPSA) is 89.0 Å². The predicted octanol–water partition coefficient (Wildman–Crippen LogP) is 2.48. The third-order valence-electron chi connectivity index (χ3n) is 4.01. The molecule has 3 rings (SSSR count). The largest absolute Gasteiger partial charge is 0.478 e. The maximum atomic E-state index is 12.7. The molecule has 1 aromatic heterocycles. The van der Waals surface area contributed by atoms with E-state index in [9.17, 15) is 9.59 Å². The Kier molecular flexibility index (Phi) is 4.56. The van der Waals surface area contributed by atoms with Crippen LogP contribution in [0, 0.1) is 6.92 Å². The number of fused-ring (bicyclic) bond motifs is 1. The zero-order valence-electron chi connectivity index (χ0n) is 14.0. The van der Waals surface area contributed by atoms with E-state index < -0.39 is 5.97 Å². The number of carboxylic acid groups (broad SMARTS) is 1. The fourth-order valence-corrected chi connectivity index (χ4v) is 2.66. The molecule has 0 saturated heterocycles. The van der Waals surface area contributed by atoms with Crippen LogP contribution in [0.4, 0.5) is 0 Å². The Morgan fingerprint density at radius 2 is 1.96 bits per heavy atom. The molecule has 1 aromatic carbocycles. The van der Waals surface area contributed by atoms with Gasteiger partial charge in [0.05, 0.1) is 11.3 Å². The van der Waals surface area contributed by atoms with E-state index in [1.807, 2.05) is 25.1 Å². The first-order valence-corrected chi connectivity index (χ1v) is 7.88. The molecule has 0 radical (unpaired) electrons. The summed E-state index contributed by atoms with van der Waals surface area (Å²) in [7, 11) is 0. The van der Waals surface area contributed by atoms with Crippen molar-refractivity contribution in [2.45, 2.75) is 20.4 Å². The van der Waals surface area contributed by atoms with Gasteiger partial charge in [0.1, 0.15) is 5.69 Å². The first-order chi connectivity index (χ1) is 12.0. The minimum Gasteiger partial charge on any atom is -0.478 e. The van der Waals surface area contributed by atoms with Gasteiger partial charge in [0, 0.05) is 13.1 Å². The first-order valence-electron chi connectivity index (χ1n) is 7.88. The summed E-state index contributed by atoms with van der Waals surface area (Å²) >= 11 is 0. The SMILES string of the molecule is CCN(Cc1ccc2c(c1)OCO2)C(=O)c1ccc(C(=O)O)c(C)n1. The maximum absolute atomic E-state index is 12.7. The Labute approximate surface area is 144 Å². The summed E-state index contributed by atoms with van der Waals surface area (Å²) in [6.45, 7) is 4.55. The van der Waals surface area contributed by atoms with Gasteiger partial charge in [-0.3, -0.25) is 4.79 Å². The fraction of sp³-hybridized carbons (Fsp3) is 0.278. The van der Waals surface area contributed by atoms with Crippen molar-refractivity contribution < 1.29 is 24.2 Å². The van der Waals surface area contributed by atoms with Gasteiger partial charge in [-0.05, 0) is 43.7 Å². The number of hydrogen-bond acceptors (Lipinski definition) is 5. The summed E-state index contributed by atoms with van der Waals surface area (Å²) < 4.78 is 10.6. The normalized spacial score (nSPS) is 12.1. The highest BCUT2D eigenvalue weighted by molar-refractivity contribution is 5.94. The summed E-state index contributed by atoms with van der Waals surface area (Å²) in [4.78, 5) is 29.6. The molecule has 7 nitrogen and oxygen atoms in total. The van der Waals surface area contributed by atoms with Gasteiger partial charge in [-0.2, -0.15) is 0 Å². The Balaban J connectivity index is 1.79. The smallest absolute Gasteiger partial charge is 0.337 e. The number of carbonyl (C=O) groups excluding carboxylic acids is 1. The average Bonchev–Trinajstić information content (AvgIpc) is 3.06. The third kappa shape index (κ3) is 3.40. The number of pyridine rings is 1. The molecular formula is C18H18N2O5. The van der Waals surface area contributed by atoms with Crippen molar-refractivity contribution in [2.24, 2.45) is 0 Å². The standard InChI is InChI=1S/C18H18N2O5/c1-3-20(9-12-4-7-15-16(8-12)25-10-24-15)17(21)14-6-5-13(18(22)23)11(2)19-14/h4-8H,3,9-10H2,1-2H3,(H,22,23). The summed E-state index contributed by atoms with van der Waals surface area (Å²) in [5.74, 6) is 0.0531. The molecule has 0 fully saturated rings. The Hall–Kier alpha value is -3.09.